The molecule has 0 bridgehead atoms. The molecule has 6 aromatic rings. The summed E-state index contributed by atoms with van der Waals surface area (Å²) in [5, 5.41) is 17.6. The van der Waals surface area contributed by atoms with Gasteiger partial charge in [0.15, 0.2) is 0 Å². The van der Waals surface area contributed by atoms with Gasteiger partial charge in [-0.1, -0.05) is 116 Å². The molecule has 0 aliphatic heterocycles. The summed E-state index contributed by atoms with van der Waals surface area (Å²) in [7, 11) is 0. The molecule has 6 nitrogen and oxygen atoms in total. The van der Waals surface area contributed by atoms with Crippen LogP contribution < -0.4 is 10.9 Å². The summed E-state index contributed by atoms with van der Waals surface area (Å²) in [5.74, 6) is -0.181. The molecule has 0 aliphatic rings. The number of benzene rings is 6. The second-order valence-electron chi connectivity index (χ2n) is 11.3. The molecule has 0 heterocycles. The fraction of sp³-hybridized carbons (Fsp3) is 0.179. The van der Waals surface area contributed by atoms with E-state index in [4.69, 9.17) is 0 Å². The Bertz CT molecular complexity index is 1790. The van der Waals surface area contributed by atoms with E-state index in [1.165, 1.54) is 0 Å². The highest BCUT2D eigenvalue weighted by molar-refractivity contribution is 6.14. The summed E-state index contributed by atoms with van der Waals surface area (Å²) < 4.78 is 0. The highest BCUT2D eigenvalue weighted by Gasteiger charge is 2.08. The van der Waals surface area contributed by atoms with E-state index in [0.29, 0.717) is 12.8 Å². The van der Waals surface area contributed by atoms with E-state index in [1.807, 2.05) is 48.5 Å². The van der Waals surface area contributed by atoms with Crippen molar-refractivity contribution in [1.82, 2.24) is 10.9 Å². The normalized spacial score (nSPS) is 11.7. The number of nitrogens with one attached hydrogen (secondary N) is 2. The summed E-state index contributed by atoms with van der Waals surface area (Å²) >= 11 is 0. The molecule has 45 heavy (non-hydrogen) atoms. The lowest BCUT2D eigenvalue weighted by Gasteiger charge is -2.08. The van der Waals surface area contributed by atoms with Crippen LogP contribution in [-0.4, -0.2) is 24.2 Å². The molecule has 0 aromatic heterocycles. The summed E-state index contributed by atoms with van der Waals surface area (Å²) in [4.78, 5) is 24.8. The number of hydrogen-bond donors (Lipinski definition) is 2. The number of amides is 2. The van der Waals surface area contributed by atoms with Crippen molar-refractivity contribution in [2.75, 3.05) is 0 Å². The van der Waals surface area contributed by atoms with E-state index in [1.54, 1.807) is 12.4 Å². The zero-order valence-corrected chi connectivity index (χ0v) is 25.2. The predicted octanol–water partition coefficient (Wildman–Crippen LogP) is 8.63. The van der Waals surface area contributed by atoms with Gasteiger partial charge < -0.3 is 0 Å². The van der Waals surface area contributed by atoms with Gasteiger partial charge in [-0.3, -0.25) is 9.59 Å². The SMILES string of the molecule is O=C(CCCCCCCC(=O)N/N=C\c1c2ccccc2cc2ccccc12)N/N=C\c1c2ccccc2cc2ccccc12. The minimum absolute atomic E-state index is 0.0907. The fourth-order valence-electron chi connectivity index (χ4n) is 5.93. The smallest absolute Gasteiger partial charge is 0.240 e. The van der Waals surface area contributed by atoms with Crippen molar-refractivity contribution in [3.63, 3.8) is 0 Å². The molecule has 0 unspecified atom stereocenters. The number of hydrazone groups is 2. The van der Waals surface area contributed by atoms with Crippen molar-refractivity contribution in [2.45, 2.75) is 44.9 Å². The number of nitrogens with zero attached hydrogens (tertiary/aromatic N) is 2. The molecule has 0 saturated heterocycles. The Hall–Kier alpha value is -5.36. The average molecular weight is 593 g/mol. The molecule has 0 atom stereocenters. The molecule has 224 valence electrons. The van der Waals surface area contributed by atoms with E-state index in [0.717, 1.165) is 86.3 Å². The zero-order chi connectivity index (χ0) is 30.8. The average Bonchev–Trinajstić information content (AvgIpc) is 3.07. The number of rotatable bonds is 12. The van der Waals surface area contributed by atoms with Gasteiger partial charge in [-0.15, -0.1) is 0 Å². The molecule has 0 radical (unpaired) electrons. The summed E-state index contributed by atoms with van der Waals surface area (Å²) in [5.41, 5.74) is 7.39. The number of fused-ring (bicyclic) bond motifs is 4. The maximum absolute atomic E-state index is 12.4. The van der Waals surface area contributed by atoms with Crippen LogP contribution in [0.15, 0.2) is 119 Å². The van der Waals surface area contributed by atoms with Crippen molar-refractivity contribution in [3.05, 3.63) is 120 Å². The Morgan fingerprint density at radius 1 is 0.467 bits per heavy atom. The molecule has 0 aliphatic carbocycles. The first-order valence-electron chi connectivity index (χ1n) is 15.6. The standard InChI is InChI=1S/C39H36N4O2/c44-38(42-40-26-36-32-18-10-6-14-28(32)24-29-15-7-11-19-33(29)36)22-4-2-1-3-5-23-39(45)43-41-27-37-34-20-12-8-16-30(34)25-31-17-9-13-21-35(31)37/h6-21,24-27H,1-5,22-23H2,(H,42,44)(H,43,45)/b40-26-,41-27-. The number of carbonyl (C=O) groups excluding carboxylic acids is 2. The van der Waals surface area contributed by atoms with Gasteiger partial charge in [-0.05, 0) is 68.1 Å². The van der Waals surface area contributed by atoms with Gasteiger partial charge in [0.25, 0.3) is 0 Å². The topological polar surface area (TPSA) is 82.9 Å². The quantitative estimate of drug-likeness (QED) is 0.0645. The molecule has 2 amide bonds. The lowest BCUT2D eigenvalue weighted by molar-refractivity contribution is -0.121. The number of unbranched alkanes of at least 4 members (excludes halogenated alkanes) is 4. The summed E-state index contributed by atoms with van der Waals surface area (Å²) in [6.07, 6.45) is 8.75. The Kier molecular flexibility index (Phi) is 9.51. The fourth-order valence-corrected chi connectivity index (χ4v) is 5.93. The van der Waals surface area contributed by atoms with Crippen molar-refractivity contribution in [3.8, 4) is 0 Å². The van der Waals surface area contributed by atoms with Gasteiger partial charge in [0.2, 0.25) is 11.8 Å². The van der Waals surface area contributed by atoms with E-state index >= 15 is 0 Å². The van der Waals surface area contributed by atoms with Crippen LogP contribution in [0, 0.1) is 0 Å². The third-order valence-electron chi connectivity index (χ3n) is 8.20. The van der Waals surface area contributed by atoms with Gasteiger partial charge in [-0.2, -0.15) is 10.2 Å². The van der Waals surface area contributed by atoms with Crippen LogP contribution in [0.3, 0.4) is 0 Å². The molecule has 0 saturated carbocycles. The minimum Gasteiger partial charge on any atom is -0.273 e. The lowest BCUT2D eigenvalue weighted by atomic mass is 9.97. The molecular weight excluding hydrogens is 556 g/mol. The maximum atomic E-state index is 12.4. The third kappa shape index (κ3) is 7.24. The van der Waals surface area contributed by atoms with Gasteiger partial charge in [0.05, 0.1) is 12.4 Å². The number of hydrogen-bond acceptors (Lipinski definition) is 4. The zero-order valence-electron chi connectivity index (χ0n) is 25.2. The minimum atomic E-state index is -0.0907. The summed E-state index contributed by atoms with van der Waals surface area (Å²) in [6.45, 7) is 0. The second kappa shape index (κ2) is 14.4. The molecule has 6 aromatic carbocycles. The molecule has 2 N–H and O–H groups in total. The van der Waals surface area contributed by atoms with Crippen molar-refractivity contribution in [2.24, 2.45) is 10.2 Å². The predicted molar refractivity (Wildman–Crippen MR) is 187 cm³/mol. The Morgan fingerprint density at radius 2 is 0.778 bits per heavy atom. The first-order valence-corrected chi connectivity index (χ1v) is 15.6. The molecule has 6 rings (SSSR count). The van der Waals surface area contributed by atoms with Gasteiger partial charge >= 0.3 is 0 Å². The maximum Gasteiger partial charge on any atom is 0.240 e. The van der Waals surface area contributed by atoms with Gasteiger partial charge in [0.1, 0.15) is 0 Å². The monoisotopic (exact) mass is 592 g/mol. The Morgan fingerprint density at radius 3 is 1.13 bits per heavy atom. The van der Waals surface area contributed by atoms with Crippen LogP contribution in [0.1, 0.15) is 56.1 Å². The first kappa shape index (κ1) is 29.7. The molecule has 0 fully saturated rings. The van der Waals surface area contributed by atoms with Crippen molar-refractivity contribution < 1.29 is 9.59 Å². The highest BCUT2D eigenvalue weighted by atomic mass is 16.2. The van der Waals surface area contributed by atoms with Crippen molar-refractivity contribution in [1.29, 1.82) is 0 Å². The largest absolute Gasteiger partial charge is 0.273 e. The number of carbonyl (C=O) groups is 2. The molecule has 6 heteroatoms. The van der Waals surface area contributed by atoms with E-state index < -0.39 is 0 Å². The van der Waals surface area contributed by atoms with E-state index in [9.17, 15) is 9.59 Å². The van der Waals surface area contributed by atoms with Crippen LogP contribution >= 0.6 is 0 Å². The van der Waals surface area contributed by atoms with E-state index in [2.05, 4.69) is 81.7 Å². The van der Waals surface area contributed by atoms with Crippen molar-refractivity contribution >= 4 is 67.3 Å². The molecule has 0 spiro atoms. The van der Waals surface area contributed by atoms with Crippen LogP contribution in [0.2, 0.25) is 0 Å². The Balaban J connectivity index is 0.908. The lowest BCUT2D eigenvalue weighted by Crippen LogP contribution is -2.17. The van der Waals surface area contributed by atoms with Crippen LogP contribution in [-0.2, 0) is 9.59 Å². The van der Waals surface area contributed by atoms with Crippen LogP contribution in [0.5, 0.6) is 0 Å². The van der Waals surface area contributed by atoms with Gasteiger partial charge in [-0.25, -0.2) is 10.9 Å². The van der Waals surface area contributed by atoms with Crippen LogP contribution in [0.4, 0.5) is 0 Å². The third-order valence-corrected chi connectivity index (χ3v) is 8.20. The Labute approximate surface area is 262 Å². The molecular formula is C39H36N4O2. The summed E-state index contributed by atoms with van der Waals surface area (Å²) in [6, 6.07) is 37.2. The first-order chi connectivity index (χ1) is 22.2. The highest BCUT2D eigenvalue weighted by Crippen LogP contribution is 2.28. The second-order valence-corrected chi connectivity index (χ2v) is 11.3. The van der Waals surface area contributed by atoms with Crippen LogP contribution in [0.25, 0.3) is 43.1 Å². The van der Waals surface area contributed by atoms with Gasteiger partial charge in [0, 0.05) is 24.0 Å². The van der Waals surface area contributed by atoms with E-state index in [-0.39, 0.29) is 11.8 Å².